The molecule has 1 aromatic carbocycles. The fraction of sp³-hybridized carbons (Fsp3) is 0.600. The summed E-state index contributed by atoms with van der Waals surface area (Å²) in [6.07, 6.45) is 3.15. The van der Waals surface area contributed by atoms with Gasteiger partial charge < -0.3 is 0 Å². The van der Waals surface area contributed by atoms with Gasteiger partial charge in [0.1, 0.15) is 0 Å². The number of hydrogen-bond donors (Lipinski definition) is 0. The second-order valence-electron chi connectivity index (χ2n) is 5.66. The molecule has 1 fully saturated rings. The van der Waals surface area contributed by atoms with Gasteiger partial charge in [0.25, 0.3) is 0 Å². The molecule has 2 rings (SSSR count). The van der Waals surface area contributed by atoms with Gasteiger partial charge in [-0.25, -0.2) is 8.42 Å². The van der Waals surface area contributed by atoms with Crippen LogP contribution in [0.5, 0.6) is 0 Å². The van der Waals surface area contributed by atoms with Crippen LogP contribution in [0.3, 0.4) is 0 Å². The highest BCUT2D eigenvalue weighted by atomic mass is 79.9. The quantitative estimate of drug-likeness (QED) is 0.698. The highest BCUT2D eigenvalue weighted by Gasteiger charge is 2.33. The molecule has 3 nitrogen and oxygen atoms in total. The summed E-state index contributed by atoms with van der Waals surface area (Å²) in [7, 11) is -3.45. The number of nitrogens with zero attached hydrogens (tertiary/aromatic N) is 1. The van der Waals surface area contributed by atoms with Crippen molar-refractivity contribution in [3.63, 3.8) is 0 Å². The molecule has 1 atom stereocenters. The molecule has 6 heteroatoms. The molecule has 0 aromatic heterocycles. The summed E-state index contributed by atoms with van der Waals surface area (Å²) in [5, 5.41) is 0. The van der Waals surface area contributed by atoms with Gasteiger partial charge in [-0.05, 0) is 58.8 Å². The third kappa shape index (κ3) is 3.63. The smallest absolute Gasteiger partial charge is 0.207 e. The molecular formula is C15H21BrClNO2S. The van der Waals surface area contributed by atoms with Gasteiger partial charge in [0.15, 0.2) is 0 Å². The lowest BCUT2D eigenvalue weighted by atomic mass is 10.0. The first-order valence-electron chi connectivity index (χ1n) is 7.25. The fourth-order valence-corrected chi connectivity index (χ4v) is 5.59. The molecule has 1 aromatic rings. The minimum atomic E-state index is -3.45. The topological polar surface area (TPSA) is 37.4 Å². The van der Waals surface area contributed by atoms with E-state index < -0.39 is 10.0 Å². The normalized spacial score (nSPS) is 20.1. The molecule has 1 aliphatic heterocycles. The molecule has 0 saturated carbocycles. The number of halogens is 2. The van der Waals surface area contributed by atoms with Crippen molar-refractivity contribution in [1.29, 1.82) is 0 Å². The van der Waals surface area contributed by atoms with Crippen LogP contribution in [-0.2, 0) is 15.9 Å². The van der Waals surface area contributed by atoms with Crippen LogP contribution in [0.4, 0.5) is 0 Å². The molecule has 1 heterocycles. The van der Waals surface area contributed by atoms with Crippen LogP contribution in [0, 0.1) is 12.8 Å². The molecule has 1 saturated heterocycles. The summed E-state index contributed by atoms with van der Waals surface area (Å²) < 4.78 is 28.0. The molecule has 21 heavy (non-hydrogen) atoms. The summed E-state index contributed by atoms with van der Waals surface area (Å²) in [4.78, 5) is 0.343. The molecule has 118 valence electrons. The maximum atomic E-state index is 12.9. The van der Waals surface area contributed by atoms with Crippen LogP contribution in [0.15, 0.2) is 21.5 Å². The Kier molecular flexibility index (Phi) is 5.74. The van der Waals surface area contributed by atoms with E-state index in [0.29, 0.717) is 34.3 Å². The first-order valence-corrected chi connectivity index (χ1v) is 10.0. The van der Waals surface area contributed by atoms with Gasteiger partial charge in [0.05, 0.1) is 4.90 Å². The number of hydrogen-bond acceptors (Lipinski definition) is 2. The van der Waals surface area contributed by atoms with E-state index in [-0.39, 0.29) is 0 Å². The Hall–Kier alpha value is -0.100. The van der Waals surface area contributed by atoms with Crippen molar-refractivity contribution in [3.05, 3.63) is 27.7 Å². The van der Waals surface area contributed by atoms with E-state index in [1.807, 2.05) is 13.0 Å². The van der Waals surface area contributed by atoms with Crippen molar-refractivity contribution >= 4 is 37.6 Å². The highest BCUT2D eigenvalue weighted by molar-refractivity contribution is 9.10. The van der Waals surface area contributed by atoms with Crippen LogP contribution >= 0.6 is 27.5 Å². The minimum Gasteiger partial charge on any atom is -0.207 e. The van der Waals surface area contributed by atoms with Gasteiger partial charge in [-0.2, -0.15) is 4.31 Å². The van der Waals surface area contributed by atoms with Crippen LogP contribution in [0.25, 0.3) is 0 Å². The molecule has 0 amide bonds. The molecule has 0 radical (unpaired) electrons. The number of aryl methyl sites for hydroxylation is 1. The highest BCUT2D eigenvalue weighted by Crippen LogP contribution is 2.33. The summed E-state index contributed by atoms with van der Waals surface area (Å²) in [5.74, 6) is 0.801. The van der Waals surface area contributed by atoms with Crippen molar-refractivity contribution in [3.8, 4) is 0 Å². The Morgan fingerprint density at radius 2 is 2.14 bits per heavy atom. The average Bonchev–Trinajstić information content (AvgIpc) is 2.91. The average molecular weight is 395 g/mol. The van der Waals surface area contributed by atoms with Gasteiger partial charge in [-0.15, -0.1) is 11.6 Å². The van der Waals surface area contributed by atoms with E-state index in [4.69, 9.17) is 11.6 Å². The Balaban J connectivity index is 2.34. The summed E-state index contributed by atoms with van der Waals surface area (Å²) in [6, 6.07) is 3.60. The van der Waals surface area contributed by atoms with E-state index in [9.17, 15) is 8.42 Å². The van der Waals surface area contributed by atoms with E-state index in [2.05, 4.69) is 22.9 Å². The standard InChI is InChI=1S/C15H21BrClNO2S/c1-3-4-12-5-6-18(10-12)21(19,20)14-8-13(9-17)7-11(2)15(14)16/h7-8,12H,3-6,9-10H2,1-2H3. The first-order chi connectivity index (χ1) is 9.90. The largest absolute Gasteiger partial charge is 0.244 e. The predicted molar refractivity (Wildman–Crippen MR) is 90.2 cm³/mol. The second-order valence-corrected chi connectivity index (χ2v) is 8.63. The molecule has 0 N–H and O–H groups in total. The third-order valence-electron chi connectivity index (χ3n) is 4.00. The van der Waals surface area contributed by atoms with Crippen molar-refractivity contribution in [2.75, 3.05) is 13.1 Å². The predicted octanol–water partition coefficient (Wildman–Crippen LogP) is 4.31. The zero-order valence-corrected chi connectivity index (χ0v) is 15.6. The van der Waals surface area contributed by atoms with E-state index >= 15 is 0 Å². The Morgan fingerprint density at radius 3 is 2.76 bits per heavy atom. The second kappa shape index (κ2) is 6.99. The lowest BCUT2D eigenvalue weighted by Crippen LogP contribution is -2.29. The SMILES string of the molecule is CCCC1CCN(S(=O)(=O)c2cc(CCl)cc(C)c2Br)C1. The number of sulfonamides is 1. The minimum absolute atomic E-state index is 0.315. The summed E-state index contributed by atoms with van der Waals surface area (Å²) >= 11 is 9.30. The molecule has 0 aliphatic carbocycles. The van der Waals surface area contributed by atoms with Crippen molar-refractivity contribution < 1.29 is 8.42 Å². The third-order valence-corrected chi connectivity index (χ3v) is 7.51. The van der Waals surface area contributed by atoms with Crippen molar-refractivity contribution in [2.45, 2.75) is 43.9 Å². The van der Waals surface area contributed by atoms with E-state index in [0.717, 1.165) is 30.4 Å². The van der Waals surface area contributed by atoms with Crippen LogP contribution in [-0.4, -0.2) is 25.8 Å². The van der Waals surface area contributed by atoms with Gasteiger partial charge in [0.2, 0.25) is 10.0 Å². The van der Waals surface area contributed by atoms with Crippen LogP contribution in [0.2, 0.25) is 0 Å². The Bertz CT molecular complexity index is 618. The Labute approximate surface area is 140 Å². The molecular weight excluding hydrogens is 374 g/mol. The summed E-state index contributed by atoms with van der Waals surface area (Å²) in [6.45, 7) is 5.28. The number of benzene rings is 1. The molecule has 0 spiro atoms. The fourth-order valence-electron chi connectivity index (χ4n) is 2.87. The lowest BCUT2D eigenvalue weighted by molar-refractivity contribution is 0.444. The monoisotopic (exact) mass is 393 g/mol. The summed E-state index contributed by atoms with van der Waals surface area (Å²) in [5.41, 5.74) is 1.73. The van der Waals surface area contributed by atoms with Gasteiger partial charge in [-0.3, -0.25) is 0 Å². The molecule has 1 unspecified atom stereocenters. The van der Waals surface area contributed by atoms with Crippen molar-refractivity contribution in [2.24, 2.45) is 5.92 Å². The van der Waals surface area contributed by atoms with Gasteiger partial charge in [0, 0.05) is 23.4 Å². The molecule has 1 aliphatic rings. The van der Waals surface area contributed by atoms with Gasteiger partial charge >= 0.3 is 0 Å². The number of alkyl halides is 1. The lowest BCUT2D eigenvalue weighted by Gasteiger charge is -2.19. The van der Waals surface area contributed by atoms with Gasteiger partial charge in [-0.1, -0.05) is 19.4 Å². The zero-order chi connectivity index (χ0) is 15.6. The maximum Gasteiger partial charge on any atom is 0.244 e. The first kappa shape index (κ1) is 17.3. The van der Waals surface area contributed by atoms with E-state index in [1.165, 1.54) is 0 Å². The molecule has 0 bridgehead atoms. The van der Waals surface area contributed by atoms with E-state index in [1.54, 1.807) is 10.4 Å². The van der Waals surface area contributed by atoms with Crippen molar-refractivity contribution in [1.82, 2.24) is 4.31 Å². The maximum absolute atomic E-state index is 12.9. The van der Waals surface area contributed by atoms with Crippen LogP contribution in [0.1, 0.15) is 37.3 Å². The number of rotatable bonds is 5. The van der Waals surface area contributed by atoms with Crippen LogP contribution < -0.4 is 0 Å². The Morgan fingerprint density at radius 1 is 1.43 bits per heavy atom. The zero-order valence-electron chi connectivity index (χ0n) is 12.4.